The molecule has 0 aliphatic carbocycles. The van der Waals surface area contributed by atoms with Crippen LogP contribution in [0.2, 0.25) is 0 Å². The van der Waals surface area contributed by atoms with E-state index in [1.165, 1.54) is 0 Å². The van der Waals surface area contributed by atoms with Gasteiger partial charge in [-0.2, -0.15) is 0 Å². The number of imidazole rings is 1. The molecular weight excluding hydrogens is 986 g/mol. The number of fused-ring (bicyclic) bond motifs is 1. The van der Waals surface area contributed by atoms with Crippen molar-refractivity contribution in [3.8, 4) is 78.6 Å². The number of aromatic nitrogens is 3. The zero-order chi connectivity index (χ0) is 49.9. The van der Waals surface area contributed by atoms with Gasteiger partial charge in [0.25, 0.3) is 0 Å². The van der Waals surface area contributed by atoms with E-state index in [1.54, 1.807) is 6.07 Å². The number of phenolic OH excluding ortho intramolecular Hbond substituents is 1. The van der Waals surface area contributed by atoms with Crippen LogP contribution in [0, 0.1) is 12.9 Å². The first kappa shape index (κ1) is 40.0. The topological polar surface area (TPSA) is 50.9 Å². The van der Waals surface area contributed by atoms with Gasteiger partial charge < -0.3 is 5.11 Å². The third kappa shape index (κ3) is 8.84. The summed E-state index contributed by atoms with van der Waals surface area (Å²) in [4.78, 5) is 10.4. The van der Waals surface area contributed by atoms with Gasteiger partial charge >= 0.3 is 0 Å². The number of pyridine rings is 1. The summed E-state index contributed by atoms with van der Waals surface area (Å²) in [7, 11) is 0. The molecule has 0 saturated heterocycles. The fraction of sp³-hybridized carbons (Fsp3) is 0.213. The third-order valence-corrected chi connectivity index (χ3v) is 12.5. The molecule has 7 aromatic carbocycles. The van der Waals surface area contributed by atoms with Gasteiger partial charge in [-0.3, -0.25) is 9.55 Å². The fourth-order valence-electron chi connectivity index (χ4n) is 8.99. The van der Waals surface area contributed by atoms with Crippen molar-refractivity contribution in [1.82, 2.24) is 14.5 Å². The fourth-order valence-corrected chi connectivity index (χ4v) is 8.99. The normalized spacial score (nSPS) is 13.2. The van der Waals surface area contributed by atoms with Crippen LogP contribution in [0.3, 0.4) is 0 Å². The molecule has 0 fully saturated rings. The summed E-state index contributed by atoms with van der Waals surface area (Å²) >= 11 is 0. The van der Waals surface area contributed by atoms with E-state index < -0.39 is 18.6 Å². The first-order valence-electron chi connectivity index (χ1n) is 25.0. The quantitative estimate of drug-likeness (QED) is 0.131. The molecule has 0 aliphatic heterocycles. The minimum absolute atomic E-state index is 0. The van der Waals surface area contributed by atoms with Crippen molar-refractivity contribution >= 4 is 11.0 Å². The van der Waals surface area contributed by atoms with Gasteiger partial charge in [0.05, 0.1) is 22.3 Å². The van der Waals surface area contributed by atoms with E-state index in [2.05, 4.69) is 82.3 Å². The SMILES string of the molecule is [2H]C([2H])([2H])c1cc(-c2c(C([2H])(C)C)cccc2C([2H])(C)C)ccc1-n1c(-c2cc(C(C)C)cc(C(C)C)c2O)nc2c(-c3[c-]c(-c4cc(-c5ccccc5)ccn4)cc(-c4ccccc4)c3)cccc21.[Pt]. The second-order valence-corrected chi connectivity index (χ2v) is 18.1. The summed E-state index contributed by atoms with van der Waals surface area (Å²) in [5, 5.41) is 12.4. The Morgan fingerprint density at radius 1 is 0.576 bits per heavy atom. The van der Waals surface area contributed by atoms with Gasteiger partial charge in [-0.25, -0.2) is 4.98 Å². The molecule has 0 spiro atoms. The summed E-state index contributed by atoms with van der Waals surface area (Å²) in [6, 6.07) is 53.5. The van der Waals surface area contributed by atoms with Crippen LogP contribution < -0.4 is 0 Å². The van der Waals surface area contributed by atoms with Crippen LogP contribution in [0.15, 0.2) is 158 Å². The molecule has 9 rings (SSSR count). The molecule has 0 bridgehead atoms. The Bertz CT molecular complexity index is 3370. The molecule has 4 nitrogen and oxygen atoms in total. The van der Waals surface area contributed by atoms with Gasteiger partial charge in [0.15, 0.2) is 0 Å². The summed E-state index contributed by atoms with van der Waals surface area (Å²) in [5.74, 6) is -1.54. The molecule has 2 aromatic heterocycles. The zero-order valence-corrected chi connectivity index (χ0v) is 41.0. The number of para-hydroxylation sites is 1. The van der Waals surface area contributed by atoms with E-state index in [0.29, 0.717) is 50.4 Å². The second-order valence-electron chi connectivity index (χ2n) is 18.1. The second kappa shape index (κ2) is 19.2. The van der Waals surface area contributed by atoms with Gasteiger partial charge in [0, 0.05) is 39.8 Å². The largest absolute Gasteiger partial charge is 0.507 e. The van der Waals surface area contributed by atoms with E-state index >= 15 is 0 Å². The predicted molar refractivity (Wildman–Crippen MR) is 273 cm³/mol. The zero-order valence-electron chi connectivity index (χ0n) is 43.8. The molecule has 2 heterocycles. The molecule has 334 valence electrons. The maximum Gasteiger partial charge on any atom is 0.148 e. The van der Waals surface area contributed by atoms with Gasteiger partial charge in [-0.1, -0.05) is 181 Å². The monoisotopic (exact) mass is 1050 g/mol. The molecule has 5 heteroatoms. The van der Waals surface area contributed by atoms with Gasteiger partial charge in [0.2, 0.25) is 0 Å². The van der Waals surface area contributed by atoms with Crippen molar-refractivity contribution in [1.29, 1.82) is 0 Å². The molecule has 9 aromatic rings. The van der Waals surface area contributed by atoms with Crippen LogP contribution in [0.25, 0.3) is 83.9 Å². The van der Waals surface area contributed by atoms with E-state index in [4.69, 9.17) is 14.1 Å². The molecule has 0 amide bonds. The average molecular weight is 1050 g/mol. The molecule has 0 radical (unpaired) electrons. The predicted octanol–water partition coefficient (Wildman–Crippen LogP) is 16.7. The van der Waals surface area contributed by atoms with Crippen molar-refractivity contribution in [2.75, 3.05) is 0 Å². The average Bonchev–Trinajstić information content (AvgIpc) is 3.72. The van der Waals surface area contributed by atoms with Gasteiger partial charge in [0.1, 0.15) is 11.6 Å². The molecule has 0 saturated carbocycles. The number of hydrogen-bond acceptors (Lipinski definition) is 3. The van der Waals surface area contributed by atoms with E-state index in [-0.39, 0.29) is 44.2 Å². The van der Waals surface area contributed by atoms with Crippen molar-refractivity contribution in [3.63, 3.8) is 0 Å². The van der Waals surface area contributed by atoms with Gasteiger partial charge in [-0.05, 0) is 116 Å². The van der Waals surface area contributed by atoms with Crippen LogP contribution in [0.1, 0.15) is 114 Å². The molecular formula is C61H58N3OPt-. The Kier molecular flexibility index (Phi) is 11.7. The molecule has 1 N–H and O–H groups in total. The van der Waals surface area contributed by atoms with E-state index in [1.807, 2.05) is 136 Å². The summed E-state index contributed by atoms with van der Waals surface area (Å²) < 4.78 is 47.7. The Balaban J connectivity index is 0.00000676. The van der Waals surface area contributed by atoms with Crippen LogP contribution in [-0.2, 0) is 21.1 Å². The summed E-state index contributed by atoms with van der Waals surface area (Å²) in [5.41, 5.74) is 13.8. The standard InChI is InChI=1S/C61H58N3O.Pt/c1-37(2)46-34-53(40(7)8)60(65)54(35-46)61-63-59-52(24-17-25-57(59)64(61)56-27-26-45(30-41(56)9)58-50(38(3)4)22-16-23-51(58)39(5)6)48-31-47(43-20-14-11-15-21-43)32-49(33-48)55-36-44(28-29-62-55)42-18-12-10-13-19-42;/h10-32,34-40,65H,1-9H3;/q-1;/i9D3,38D,39D;. The molecule has 0 atom stereocenters. The molecule has 0 unspecified atom stereocenters. The Morgan fingerprint density at radius 3 is 1.86 bits per heavy atom. The van der Waals surface area contributed by atoms with Gasteiger partial charge in [-0.15, -0.1) is 23.8 Å². The van der Waals surface area contributed by atoms with Crippen LogP contribution in [0.5, 0.6) is 5.75 Å². The van der Waals surface area contributed by atoms with Crippen molar-refractivity contribution < 1.29 is 33.0 Å². The number of aromatic hydroxyl groups is 1. The number of nitrogens with zero attached hydrogens (tertiary/aromatic N) is 3. The van der Waals surface area contributed by atoms with E-state index in [9.17, 15) is 7.85 Å². The van der Waals surface area contributed by atoms with Crippen molar-refractivity contribution in [3.05, 3.63) is 192 Å². The number of phenols is 1. The van der Waals surface area contributed by atoms with Crippen molar-refractivity contribution in [2.24, 2.45) is 0 Å². The molecule has 66 heavy (non-hydrogen) atoms. The van der Waals surface area contributed by atoms with E-state index in [0.717, 1.165) is 55.8 Å². The number of hydrogen-bond donors (Lipinski definition) is 1. The minimum Gasteiger partial charge on any atom is -0.507 e. The van der Waals surface area contributed by atoms with Crippen molar-refractivity contribution in [2.45, 2.75) is 85.9 Å². The first-order valence-corrected chi connectivity index (χ1v) is 22.5. The molecule has 0 aliphatic rings. The Hall–Kier alpha value is -6.35. The number of rotatable bonds is 11. The summed E-state index contributed by atoms with van der Waals surface area (Å²) in [6.07, 6.45) is 1.83. The van der Waals surface area contributed by atoms with Crippen LogP contribution in [0.4, 0.5) is 0 Å². The number of benzene rings is 7. The Morgan fingerprint density at radius 2 is 1.23 bits per heavy atom. The third-order valence-electron chi connectivity index (χ3n) is 12.5. The Labute approximate surface area is 412 Å². The van der Waals surface area contributed by atoms with Crippen LogP contribution >= 0.6 is 0 Å². The maximum absolute atomic E-state index is 12.4. The van der Waals surface area contributed by atoms with Crippen LogP contribution in [-0.4, -0.2) is 19.6 Å². The first-order chi connectivity index (χ1) is 33.2. The smallest absolute Gasteiger partial charge is 0.148 e. The summed E-state index contributed by atoms with van der Waals surface area (Å²) in [6.45, 7) is 13.0. The maximum atomic E-state index is 12.4. The minimum atomic E-state index is -2.63. The number of aryl methyl sites for hydroxylation is 1.